The van der Waals surface area contributed by atoms with Gasteiger partial charge in [-0.15, -0.1) is 10.2 Å². The second-order valence-electron chi connectivity index (χ2n) is 6.63. The fourth-order valence-corrected chi connectivity index (χ4v) is 3.77. The minimum absolute atomic E-state index is 0.0151. The second-order valence-corrected chi connectivity index (χ2v) is 7.64. The van der Waals surface area contributed by atoms with Crippen molar-refractivity contribution < 1.29 is 9.59 Å². The van der Waals surface area contributed by atoms with E-state index < -0.39 is 0 Å². The van der Waals surface area contributed by atoms with Gasteiger partial charge in [-0.3, -0.25) is 4.79 Å². The molecule has 1 aliphatic heterocycles. The number of carbonyl (C=O) groups excluding carboxylic acids is 2. The van der Waals surface area contributed by atoms with Crippen molar-refractivity contribution in [3.05, 3.63) is 40.3 Å². The Balaban J connectivity index is 1.55. The Hall–Kier alpha value is -2.48. The van der Waals surface area contributed by atoms with Crippen LogP contribution in [0.3, 0.4) is 0 Å². The third kappa shape index (κ3) is 4.57. The summed E-state index contributed by atoms with van der Waals surface area (Å²) in [4.78, 5) is 26.2. The lowest BCUT2D eigenvalue weighted by atomic mass is 9.98. The number of carbonyl (C=O) groups is 2. The average Bonchev–Trinajstić information content (AvgIpc) is 3.12. The molecular formula is C18H23N5O2S. The standard InChI is InChI=1S/C18H23N5O2S/c1-12(2)19-18(25)23-10-8-13(9-11-23)16-21-22-17(26-16)15(24)20-14-6-4-3-5-7-14/h3-7,12-13H,8-11H2,1-2H3,(H,19,25)(H,20,24). The van der Waals surface area contributed by atoms with E-state index in [1.807, 2.05) is 49.1 Å². The minimum Gasteiger partial charge on any atom is -0.336 e. The first-order valence-electron chi connectivity index (χ1n) is 8.78. The Morgan fingerprint density at radius 3 is 2.50 bits per heavy atom. The van der Waals surface area contributed by atoms with Gasteiger partial charge in [0, 0.05) is 30.7 Å². The van der Waals surface area contributed by atoms with Crippen LogP contribution in [0.1, 0.15) is 47.4 Å². The fourth-order valence-electron chi connectivity index (χ4n) is 2.87. The zero-order valence-corrected chi connectivity index (χ0v) is 15.8. The molecule has 1 saturated heterocycles. The summed E-state index contributed by atoms with van der Waals surface area (Å²) in [7, 11) is 0. The van der Waals surface area contributed by atoms with Crippen molar-refractivity contribution in [3.8, 4) is 0 Å². The molecule has 0 aliphatic carbocycles. The van der Waals surface area contributed by atoms with E-state index in [9.17, 15) is 9.59 Å². The summed E-state index contributed by atoms with van der Waals surface area (Å²) < 4.78 is 0. The van der Waals surface area contributed by atoms with Crippen molar-refractivity contribution in [2.75, 3.05) is 18.4 Å². The van der Waals surface area contributed by atoms with Crippen LogP contribution in [0.5, 0.6) is 0 Å². The molecule has 2 heterocycles. The van der Waals surface area contributed by atoms with Crippen molar-refractivity contribution in [1.29, 1.82) is 0 Å². The molecule has 1 fully saturated rings. The molecule has 1 aromatic heterocycles. The Morgan fingerprint density at radius 1 is 1.15 bits per heavy atom. The summed E-state index contributed by atoms with van der Waals surface area (Å²) in [5.41, 5.74) is 0.735. The van der Waals surface area contributed by atoms with Crippen LogP contribution in [0.15, 0.2) is 30.3 Å². The van der Waals surface area contributed by atoms with E-state index in [0.29, 0.717) is 18.1 Å². The lowest BCUT2D eigenvalue weighted by molar-refractivity contribution is 0.102. The number of hydrogen-bond acceptors (Lipinski definition) is 5. The van der Waals surface area contributed by atoms with Crippen LogP contribution in [0.2, 0.25) is 0 Å². The average molecular weight is 373 g/mol. The number of rotatable bonds is 4. The molecule has 138 valence electrons. The predicted molar refractivity (Wildman–Crippen MR) is 102 cm³/mol. The number of nitrogens with one attached hydrogen (secondary N) is 2. The van der Waals surface area contributed by atoms with Gasteiger partial charge in [-0.2, -0.15) is 0 Å². The monoisotopic (exact) mass is 373 g/mol. The fraction of sp³-hybridized carbons (Fsp3) is 0.444. The lowest BCUT2D eigenvalue weighted by Gasteiger charge is -2.31. The van der Waals surface area contributed by atoms with E-state index in [-0.39, 0.29) is 23.9 Å². The van der Waals surface area contributed by atoms with Gasteiger partial charge in [-0.25, -0.2) is 4.79 Å². The Kier molecular flexibility index (Phi) is 5.82. The maximum Gasteiger partial charge on any atom is 0.317 e. The highest BCUT2D eigenvalue weighted by Crippen LogP contribution is 2.30. The molecule has 2 aromatic rings. The number of amides is 3. The Bertz CT molecular complexity index is 754. The zero-order valence-electron chi connectivity index (χ0n) is 14.9. The summed E-state index contributed by atoms with van der Waals surface area (Å²) in [6, 6.07) is 9.41. The first-order chi connectivity index (χ1) is 12.5. The molecule has 0 unspecified atom stereocenters. The molecule has 3 amide bonds. The molecular weight excluding hydrogens is 350 g/mol. The van der Waals surface area contributed by atoms with Crippen LogP contribution in [-0.4, -0.2) is 46.2 Å². The number of urea groups is 1. The molecule has 0 atom stereocenters. The normalized spacial score (nSPS) is 15.1. The van der Waals surface area contributed by atoms with Crippen molar-refractivity contribution in [2.45, 2.75) is 38.6 Å². The number of hydrogen-bond donors (Lipinski definition) is 2. The molecule has 2 N–H and O–H groups in total. The van der Waals surface area contributed by atoms with Crippen LogP contribution >= 0.6 is 11.3 Å². The third-order valence-electron chi connectivity index (χ3n) is 4.21. The van der Waals surface area contributed by atoms with E-state index in [2.05, 4.69) is 20.8 Å². The Morgan fingerprint density at radius 2 is 1.85 bits per heavy atom. The van der Waals surface area contributed by atoms with E-state index in [1.165, 1.54) is 11.3 Å². The van der Waals surface area contributed by atoms with E-state index in [4.69, 9.17) is 0 Å². The van der Waals surface area contributed by atoms with Gasteiger partial charge in [0.05, 0.1) is 0 Å². The molecule has 26 heavy (non-hydrogen) atoms. The summed E-state index contributed by atoms with van der Waals surface area (Å²) >= 11 is 1.33. The minimum atomic E-state index is -0.242. The summed E-state index contributed by atoms with van der Waals surface area (Å²) in [5, 5.41) is 15.2. The number of anilines is 1. The SMILES string of the molecule is CC(C)NC(=O)N1CCC(c2nnc(C(=O)Nc3ccccc3)s2)CC1. The van der Waals surface area contributed by atoms with Crippen LogP contribution < -0.4 is 10.6 Å². The lowest BCUT2D eigenvalue weighted by Crippen LogP contribution is -2.46. The Labute approximate surface area is 156 Å². The number of likely N-dealkylation sites (tertiary alicyclic amines) is 1. The zero-order chi connectivity index (χ0) is 18.5. The first-order valence-corrected chi connectivity index (χ1v) is 9.60. The maximum absolute atomic E-state index is 12.3. The molecule has 0 bridgehead atoms. The molecule has 7 nitrogen and oxygen atoms in total. The van der Waals surface area contributed by atoms with Crippen LogP contribution in [0, 0.1) is 0 Å². The molecule has 3 rings (SSSR count). The summed E-state index contributed by atoms with van der Waals surface area (Å²) in [6.45, 7) is 5.28. The van der Waals surface area contributed by atoms with Crippen molar-refractivity contribution in [1.82, 2.24) is 20.4 Å². The van der Waals surface area contributed by atoms with E-state index in [1.54, 1.807) is 0 Å². The number of aromatic nitrogens is 2. The number of nitrogens with zero attached hydrogens (tertiary/aromatic N) is 3. The van der Waals surface area contributed by atoms with Gasteiger partial charge in [0.15, 0.2) is 0 Å². The van der Waals surface area contributed by atoms with Gasteiger partial charge in [-0.1, -0.05) is 29.5 Å². The highest BCUT2D eigenvalue weighted by Gasteiger charge is 2.27. The molecule has 0 spiro atoms. The quantitative estimate of drug-likeness (QED) is 0.862. The first kappa shape index (κ1) is 18.3. The highest BCUT2D eigenvalue weighted by molar-refractivity contribution is 7.13. The largest absolute Gasteiger partial charge is 0.336 e. The molecule has 0 radical (unpaired) electrons. The highest BCUT2D eigenvalue weighted by atomic mass is 32.1. The van der Waals surface area contributed by atoms with E-state index >= 15 is 0 Å². The topological polar surface area (TPSA) is 87.2 Å². The molecule has 8 heteroatoms. The molecule has 1 aliphatic rings. The van der Waals surface area contributed by atoms with Gasteiger partial charge in [0.2, 0.25) is 5.01 Å². The van der Waals surface area contributed by atoms with Crippen LogP contribution in [0.4, 0.5) is 10.5 Å². The number of benzene rings is 1. The van der Waals surface area contributed by atoms with Crippen molar-refractivity contribution in [2.24, 2.45) is 0 Å². The third-order valence-corrected chi connectivity index (χ3v) is 5.29. The molecule has 1 aromatic carbocycles. The van der Waals surface area contributed by atoms with Gasteiger partial charge >= 0.3 is 6.03 Å². The summed E-state index contributed by atoms with van der Waals surface area (Å²) in [6.07, 6.45) is 1.67. The van der Waals surface area contributed by atoms with E-state index in [0.717, 1.165) is 23.5 Å². The maximum atomic E-state index is 12.3. The predicted octanol–water partition coefficient (Wildman–Crippen LogP) is 3.09. The summed E-state index contributed by atoms with van der Waals surface area (Å²) in [5.74, 6) is 0.00238. The van der Waals surface area contributed by atoms with Gasteiger partial charge < -0.3 is 15.5 Å². The van der Waals surface area contributed by atoms with Crippen LogP contribution in [-0.2, 0) is 0 Å². The smallest absolute Gasteiger partial charge is 0.317 e. The number of para-hydroxylation sites is 1. The number of piperidine rings is 1. The van der Waals surface area contributed by atoms with Crippen molar-refractivity contribution in [3.63, 3.8) is 0 Å². The van der Waals surface area contributed by atoms with Crippen molar-refractivity contribution >= 4 is 29.0 Å². The molecule has 0 saturated carbocycles. The van der Waals surface area contributed by atoms with Gasteiger partial charge in [0.1, 0.15) is 5.01 Å². The van der Waals surface area contributed by atoms with Gasteiger partial charge in [-0.05, 0) is 38.8 Å². The van der Waals surface area contributed by atoms with Gasteiger partial charge in [0.25, 0.3) is 5.91 Å². The second kappa shape index (κ2) is 8.27. The van der Waals surface area contributed by atoms with Crippen LogP contribution in [0.25, 0.3) is 0 Å².